The lowest BCUT2D eigenvalue weighted by Gasteiger charge is -2.04. The molecule has 3 heteroatoms. The second-order valence-corrected chi connectivity index (χ2v) is 3.06. The van der Waals surface area contributed by atoms with E-state index in [9.17, 15) is 0 Å². The van der Waals surface area contributed by atoms with Gasteiger partial charge in [0.25, 0.3) is 0 Å². The highest BCUT2D eigenvalue weighted by Crippen LogP contribution is 2.29. The van der Waals surface area contributed by atoms with Crippen molar-refractivity contribution in [2.45, 2.75) is 0 Å². The molecule has 1 heterocycles. The summed E-state index contributed by atoms with van der Waals surface area (Å²) >= 11 is 5.97. The Kier molecular flexibility index (Phi) is 2.07. The van der Waals surface area contributed by atoms with Gasteiger partial charge in [0.1, 0.15) is 5.75 Å². The van der Waals surface area contributed by atoms with Crippen LogP contribution in [0, 0.1) is 0 Å². The molecule has 0 aliphatic carbocycles. The number of aromatic nitrogens is 1. The minimum atomic E-state index is 0.649. The number of benzene rings is 1. The minimum absolute atomic E-state index is 0.649. The number of halogens is 1. The van der Waals surface area contributed by atoms with Crippen molar-refractivity contribution in [2.24, 2.45) is 0 Å². The van der Waals surface area contributed by atoms with Gasteiger partial charge >= 0.3 is 0 Å². The summed E-state index contributed by atoms with van der Waals surface area (Å²) in [5.74, 6) is 0.799. The van der Waals surface area contributed by atoms with Gasteiger partial charge in [0.2, 0.25) is 0 Å². The van der Waals surface area contributed by atoms with Gasteiger partial charge in [-0.1, -0.05) is 11.6 Å². The molecule has 0 amide bonds. The predicted octanol–water partition coefficient (Wildman–Crippen LogP) is 2.90. The zero-order chi connectivity index (χ0) is 9.26. The number of rotatable bonds is 1. The molecule has 1 aromatic heterocycles. The van der Waals surface area contributed by atoms with Crippen LogP contribution in [0.3, 0.4) is 0 Å². The Morgan fingerprint density at radius 2 is 2.15 bits per heavy atom. The van der Waals surface area contributed by atoms with E-state index >= 15 is 0 Å². The van der Waals surface area contributed by atoms with Gasteiger partial charge in [-0.2, -0.15) is 0 Å². The molecule has 0 N–H and O–H groups in total. The topological polar surface area (TPSA) is 22.1 Å². The number of pyridine rings is 1. The van der Waals surface area contributed by atoms with Crippen molar-refractivity contribution in [1.82, 2.24) is 4.98 Å². The van der Waals surface area contributed by atoms with Crippen LogP contribution in [-0.2, 0) is 0 Å². The highest BCUT2D eigenvalue weighted by Gasteiger charge is 2.04. The molecule has 0 atom stereocenters. The largest absolute Gasteiger partial charge is 0.496 e. The summed E-state index contributed by atoms with van der Waals surface area (Å²) in [5.41, 5.74) is 0.781. The van der Waals surface area contributed by atoms with Crippen molar-refractivity contribution in [3.63, 3.8) is 0 Å². The Morgan fingerprint density at radius 1 is 1.31 bits per heavy atom. The summed E-state index contributed by atoms with van der Waals surface area (Å²) in [6.45, 7) is 0. The molecule has 1 aromatic carbocycles. The van der Waals surface area contributed by atoms with E-state index in [1.165, 1.54) is 0 Å². The van der Waals surface area contributed by atoms with Crippen molar-refractivity contribution >= 4 is 22.5 Å². The smallest absolute Gasteiger partial charge is 0.128 e. The summed E-state index contributed by atoms with van der Waals surface area (Å²) < 4.78 is 5.18. The van der Waals surface area contributed by atoms with Crippen LogP contribution < -0.4 is 4.74 Å². The Balaban J connectivity index is 2.84. The van der Waals surface area contributed by atoms with E-state index in [1.807, 2.05) is 18.2 Å². The molecule has 0 unspecified atom stereocenters. The quantitative estimate of drug-likeness (QED) is 0.695. The molecule has 0 saturated heterocycles. The highest BCUT2D eigenvalue weighted by molar-refractivity contribution is 6.35. The van der Waals surface area contributed by atoms with E-state index in [4.69, 9.17) is 16.3 Å². The molecule has 2 rings (SSSR count). The molecule has 13 heavy (non-hydrogen) atoms. The van der Waals surface area contributed by atoms with E-state index in [0.717, 1.165) is 16.7 Å². The van der Waals surface area contributed by atoms with Crippen LogP contribution in [0.1, 0.15) is 0 Å². The molecular weight excluding hydrogens is 186 g/mol. The lowest BCUT2D eigenvalue weighted by atomic mass is 10.2. The SMILES string of the molecule is COc1ccc(Cl)c2ncccc12. The fourth-order valence-corrected chi connectivity index (χ4v) is 1.50. The van der Waals surface area contributed by atoms with Gasteiger partial charge in [-0.15, -0.1) is 0 Å². The zero-order valence-electron chi connectivity index (χ0n) is 7.12. The van der Waals surface area contributed by atoms with Gasteiger partial charge in [-0.05, 0) is 24.3 Å². The molecule has 0 saturated carbocycles. The Bertz CT molecular complexity index is 442. The molecule has 2 nitrogen and oxygen atoms in total. The number of hydrogen-bond acceptors (Lipinski definition) is 2. The van der Waals surface area contributed by atoms with Crippen molar-refractivity contribution in [3.05, 3.63) is 35.5 Å². The maximum Gasteiger partial charge on any atom is 0.128 e. The first-order valence-electron chi connectivity index (χ1n) is 3.90. The monoisotopic (exact) mass is 193 g/mol. The van der Waals surface area contributed by atoms with Gasteiger partial charge in [-0.25, -0.2) is 0 Å². The Labute approximate surface area is 81.1 Å². The molecule has 2 aromatic rings. The van der Waals surface area contributed by atoms with Gasteiger partial charge in [0, 0.05) is 11.6 Å². The molecule has 0 bridgehead atoms. The first-order valence-corrected chi connectivity index (χ1v) is 4.28. The lowest BCUT2D eigenvalue weighted by molar-refractivity contribution is 0.420. The van der Waals surface area contributed by atoms with Crippen LogP contribution in [-0.4, -0.2) is 12.1 Å². The van der Waals surface area contributed by atoms with Crippen LogP contribution in [0.5, 0.6) is 5.75 Å². The average molecular weight is 194 g/mol. The summed E-state index contributed by atoms with van der Waals surface area (Å²) in [4.78, 5) is 4.18. The van der Waals surface area contributed by atoms with Crippen molar-refractivity contribution in [3.8, 4) is 5.75 Å². The second-order valence-electron chi connectivity index (χ2n) is 2.65. The van der Waals surface area contributed by atoms with Gasteiger partial charge in [0.05, 0.1) is 17.6 Å². The average Bonchev–Trinajstić information content (AvgIpc) is 2.19. The van der Waals surface area contributed by atoms with Crippen molar-refractivity contribution in [2.75, 3.05) is 7.11 Å². The third-order valence-corrected chi connectivity index (χ3v) is 2.21. The van der Waals surface area contributed by atoms with E-state index < -0.39 is 0 Å². The van der Waals surface area contributed by atoms with Crippen LogP contribution in [0.25, 0.3) is 10.9 Å². The van der Waals surface area contributed by atoms with Crippen LogP contribution in [0.15, 0.2) is 30.5 Å². The van der Waals surface area contributed by atoms with E-state index in [1.54, 1.807) is 19.4 Å². The number of fused-ring (bicyclic) bond motifs is 1. The third kappa shape index (κ3) is 1.33. The van der Waals surface area contributed by atoms with Crippen LogP contribution >= 0.6 is 11.6 Å². The molecular formula is C10H8ClNO. The maximum absolute atomic E-state index is 5.97. The van der Waals surface area contributed by atoms with Gasteiger partial charge in [-0.3, -0.25) is 4.98 Å². The van der Waals surface area contributed by atoms with Crippen molar-refractivity contribution < 1.29 is 4.74 Å². The third-order valence-electron chi connectivity index (χ3n) is 1.90. The number of methoxy groups -OCH3 is 1. The lowest BCUT2D eigenvalue weighted by Crippen LogP contribution is -1.86. The molecule has 0 radical (unpaired) electrons. The van der Waals surface area contributed by atoms with E-state index in [0.29, 0.717) is 5.02 Å². The van der Waals surface area contributed by atoms with Gasteiger partial charge in [0.15, 0.2) is 0 Å². The molecule has 0 aliphatic rings. The van der Waals surface area contributed by atoms with E-state index in [-0.39, 0.29) is 0 Å². The second kappa shape index (κ2) is 3.23. The summed E-state index contributed by atoms with van der Waals surface area (Å²) in [7, 11) is 1.63. The maximum atomic E-state index is 5.97. The molecule has 0 fully saturated rings. The highest BCUT2D eigenvalue weighted by atomic mass is 35.5. The van der Waals surface area contributed by atoms with E-state index in [2.05, 4.69) is 4.98 Å². The molecule has 0 aliphatic heterocycles. The minimum Gasteiger partial charge on any atom is -0.496 e. The number of ether oxygens (including phenoxy) is 1. The predicted molar refractivity (Wildman–Crippen MR) is 53.3 cm³/mol. The summed E-state index contributed by atoms with van der Waals surface area (Å²) in [6, 6.07) is 7.43. The fourth-order valence-electron chi connectivity index (χ4n) is 1.29. The van der Waals surface area contributed by atoms with Crippen LogP contribution in [0.2, 0.25) is 5.02 Å². The first-order chi connectivity index (χ1) is 6.33. The normalized spacial score (nSPS) is 10.3. The summed E-state index contributed by atoms with van der Waals surface area (Å²) in [5, 5.41) is 1.59. The standard InChI is InChI=1S/C10H8ClNO/c1-13-9-5-4-8(11)10-7(9)3-2-6-12-10/h2-6H,1H3. The first kappa shape index (κ1) is 8.32. The Hall–Kier alpha value is -1.28. The van der Waals surface area contributed by atoms with Gasteiger partial charge < -0.3 is 4.74 Å². The summed E-state index contributed by atoms with van der Waals surface area (Å²) in [6.07, 6.45) is 1.72. The Morgan fingerprint density at radius 3 is 2.92 bits per heavy atom. The molecule has 0 spiro atoms. The van der Waals surface area contributed by atoms with Crippen molar-refractivity contribution in [1.29, 1.82) is 0 Å². The number of nitrogens with zero attached hydrogens (tertiary/aromatic N) is 1. The van der Waals surface area contributed by atoms with Crippen LogP contribution in [0.4, 0.5) is 0 Å². The number of hydrogen-bond donors (Lipinski definition) is 0. The fraction of sp³-hybridized carbons (Fsp3) is 0.100. The molecule has 66 valence electrons. The zero-order valence-corrected chi connectivity index (χ0v) is 7.88.